The van der Waals surface area contributed by atoms with Crippen molar-refractivity contribution in [1.29, 1.82) is 0 Å². The molecule has 0 saturated carbocycles. The molecule has 5 rings (SSSR count). The Hall–Kier alpha value is -3.13. The number of carbonyl (C=O) groups is 2. The zero-order valence-corrected chi connectivity index (χ0v) is 16.6. The maximum absolute atomic E-state index is 13.2. The summed E-state index contributed by atoms with van der Waals surface area (Å²) in [6, 6.07) is 11.2. The van der Waals surface area contributed by atoms with E-state index >= 15 is 0 Å². The van der Waals surface area contributed by atoms with Crippen molar-refractivity contribution in [3.63, 3.8) is 0 Å². The fraction of sp³-hybridized carbons (Fsp3) is 0.409. The Morgan fingerprint density at radius 2 is 2.17 bits per heavy atom. The molecule has 30 heavy (non-hydrogen) atoms. The van der Waals surface area contributed by atoms with Crippen molar-refractivity contribution in [3.8, 4) is 5.75 Å². The van der Waals surface area contributed by atoms with Crippen LogP contribution >= 0.6 is 0 Å². The minimum Gasteiger partial charge on any atom is -0.492 e. The Morgan fingerprint density at radius 3 is 2.93 bits per heavy atom. The van der Waals surface area contributed by atoms with Crippen molar-refractivity contribution in [2.45, 2.75) is 18.2 Å². The largest absolute Gasteiger partial charge is 0.492 e. The third-order valence-electron chi connectivity index (χ3n) is 6.10. The number of aromatic nitrogens is 1. The van der Waals surface area contributed by atoms with Crippen LogP contribution in [0.25, 0.3) is 0 Å². The van der Waals surface area contributed by atoms with Gasteiger partial charge in [0, 0.05) is 13.1 Å². The Morgan fingerprint density at radius 1 is 1.33 bits per heavy atom. The van der Waals surface area contributed by atoms with Crippen LogP contribution in [0.2, 0.25) is 0 Å². The number of amides is 2. The van der Waals surface area contributed by atoms with Gasteiger partial charge in [-0.15, -0.1) is 0 Å². The number of hydrogen-bond acceptors (Lipinski definition) is 6. The number of likely N-dealkylation sites (tertiary alicyclic amines) is 1. The second-order valence-electron chi connectivity index (χ2n) is 7.99. The topological polar surface area (TPSA) is 85.1 Å². The molecule has 2 saturated heterocycles. The SMILES string of the molecule is CN(Cc1ccno1)C(=O)C1C2C(=O)N(CCOc3ccccc3)C[C@@]23C=C[C@@H]1O3. The van der Waals surface area contributed by atoms with Gasteiger partial charge in [0.15, 0.2) is 5.76 Å². The quantitative estimate of drug-likeness (QED) is 0.645. The van der Waals surface area contributed by atoms with E-state index in [4.69, 9.17) is 14.0 Å². The van der Waals surface area contributed by atoms with Crippen molar-refractivity contribution < 1.29 is 23.6 Å². The van der Waals surface area contributed by atoms with E-state index in [1.165, 1.54) is 0 Å². The van der Waals surface area contributed by atoms with Gasteiger partial charge in [-0.2, -0.15) is 0 Å². The van der Waals surface area contributed by atoms with Gasteiger partial charge in [-0.1, -0.05) is 35.5 Å². The number of nitrogens with zero attached hydrogens (tertiary/aromatic N) is 3. The van der Waals surface area contributed by atoms with Crippen LogP contribution in [0.4, 0.5) is 0 Å². The Kier molecular flexibility index (Phi) is 4.58. The molecule has 2 bridgehead atoms. The second-order valence-corrected chi connectivity index (χ2v) is 7.99. The summed E-state index contributed by atoms with van der Waals surface area (Å²) in [7, 11) is 1.71. The van der Waals surface area contributed by atoms with Crippen molar-refractivity contribution in [2.75, 3.05) is 26.7 Å². The predicted molar refractivity (Wildman–Crippen MR) is 105 cm³/mol. The molecule has 0 radical (unpaired) electrons. The van der Waals surface area contributed by atoms with Crippen LogP contribution in [0.3, 0.4) is 0 Å². The maximum atomic E-state index is 13.2. The lowest BCUT2D eigenvalue weighted by Crippen LogP contribution is -2.44. The molecule has 156 valence electrons. The molecule has 2 amide bonds. The average Bonchev–Trinajstić information content (AvgIpc) is 3.51. The van der Waals surface area contributed by atoms with Crippen LogP contribution in [0.15, 0.2) is 59.3 Å². The first kappa shape index (κ1) is 18.9. The molecule has 0 aliphatic carbocycles. The van der Waals surface area contributed by atoms with Gasteiger partial charge in [0.25, 0.3) is 0 Å². The number of carbonyl (C=O) groups excluding carboxylic acids is 2. The molecular weight excluding hydrogens is 386 g/mol. The highest BCUT2D eigenvalue weighted by atomic mass is 16.5. The monoisotopic (exact) mass is 409 g/mol. The molecule has 4 atom stereocenters. The van der Waals surface area contributed by atoms with E-state index in [0.717, 1.165) is 5.75 Å². The van der Waals surface area contributed by atoms with Crippen LogP contribution in [-0.2, 0) is 20.9 Å². The first-order valence-electron chi connectivity index (χ1n) is 10.1. The fourth-order valence-electron chi connectivity index (χ4n) is 4.73. The lowest BCUT2D eigenvalue weighted by atomic mass is 9.76. The minimum atomic E-state index is -0.720. The summed E-state index contributed by atoms with van der Waals surface area (Å²) in [5.41, 5.74) is -0.720. The lowest BCUT2D eigenvalue weighted by molar-refractivity contribution is -0.143. The number of fused-ring (bicyclic) bond motifs is 1. The van der Waals surface area contributed by atoms with Gasteiger partial charge < -0.3 is 23.8 Å². The van der Waals surface area contributed by atoms with E-state index in [1.54, 1.807) is 29.1 Å². The third-order valence-corrected chi connectivity index (χ3v) is 6.10. The fourth-order valence-corrected chi connectivity index (χ4v) is 4.73. The number of benzene rings is 1. The van der Waals surface area contributed by atoms with Gasteiger partial charge in [-0.3, -0.25) is 9.59 Å². The lowest BCUT2D eigenvalue weighted by Gasteiger charge is -2.27. The molecule has 1 aromatic heterocycles. The Balaban J connectivity index is 1.27. The summed E-state index contributed by atoms with van der Waals surface area (Å²) >= 11 is 0. The Labute approximate surface area is 174 Å². The van der Waals surface area contributed by atoms with Gasteiger partial charge in [-0.25, -0.2) is 0 Å². The van der Waals surface area contributed by atoms with Crippen LogP contribution in [0.5, 0.6) is 5.75 Å². The summed E-state index contributed by atoms with van der Waals surface area (Å²) in [4.78, 5) is 29.8. The predicted octanol–water partition coefficient (Wildman–Crippen LogP) is 1.49. The van der Waals surface area contributed by atoms with Crippen molar-refractivity contribution in [1.82, 2.24) is 15.0 Å². The number of ether oxygens (including phenoxy) is 2. The molecule has 2 unspecified atom stereocenters. The van der Waals surface area contributed by atoms with Gasteiger partial charge in [0.05, 0.1) is 43.8 Å². The summed E-state index contributed by atoms with van der Waals surface area (Å²) in [6.07, 6.45) is 5.05. The molecule has 4 heterocycles. The summed E-state index contributed by atoms with van der Waals surface area (Å²) in [6.45, 7) is 1.57. The van der Waals surface area contributed by atoms with E-state index in [2.05, 4.69) is 5.16 Å². The van der Waals surface area contributed by atoms with E-state index in [1.807, 2.05) is 42.5 Å². The molecule has 3 aliphatic heterocycles. The van der Waals surface area contributed by atoms with Gasteiger partial charge >= 0.3 is 0 Å². The van der Waals surface area contributed by atoms with E-state index < -0.39 is 17.4 Å². The molecule has 2 fully saturated rings. The van der Waals surface area contributed by atoms with Crippen LogP contribution in [0.1, 0.15) is 5.76 Å². The van der Waals surface area contributed by atoms with E-state index in [-0.39, 0.29) is 17.9 Å². The smallest absolute Gasteiger partial charge is 0.230 e. The van der Waals surface area contributed by atoms with Gasteiger partial charge in [-0.05, 0) is 12.1 Å². The van der Waals surface area contributed by atoms with E-state index in [9.17, 15) is 9.59 Å². The average molecular weight is 409 g/mol. The standard InChI is InChI=1S/C22H23N3O5/c1-24(13-16-8-10-23-30-16)20(26)18-17-7-9-22(29-17)14-25(21(27)19(18)22)11-12-28-15-5-3-2-4-6-15/h2-10,17-19H,11-14H2,1H3/t17-,18?,19?,22-/m0/s1. The molecular formula is C22H23N3O5. The molecule has 2 aromatic rings. The van der Waals surface area contributed by atoms with Crippen molar-refractivity contribution in [2.24, 2.45) is 11.8 Å². The highest BCUT2D eigenvalue weighted by Gasteiger charge is 2.67. The molecule has 3 aliphatic rings. The third kappa shape index (κ3) is 3.08. The van der Waals surface area contributed by atoms with Crippen molar-refractivity contribution >= 4 is 11.8 Å². The number of rotatable bonds is 7. The molecule has 1 aromatic carbocycles. The normalized spacial score (nSPS) is 28.8. The summed E-state index contributed by atoms with van der Waals surface area (Å²) in [5.74, 6) is 0.150. The molecule has 8 nitrogen and oxygen atoms in total. The second kappa shape index (κ2) is 7.28. The maximum Gasteiger partial charge on any atom is 0.230 e. The zero-order chi connectivity index (χ0) is 20.7. The molecule has 0 N–H and O–H groups in total. The van der Waals surface area contributed by atoms with Gasteiger partial charge in [0.2, 0.25) is 11.8 Å². The zero-order valence-electron chi connectivity index (χ0n) is 16.6. The van der Waals surface area contributed by atoms with E-state index in [0.29, 0.717) is 32.0 Å². The first-order valence-corrected chi connectivity index (χ1v) is 10.1. The Bertz CT molecular complexity index is 960. The number of hydrogen-bond donors (Lipinski definition) is 0. The van der Waals surface area contributed by atoms with Crippen LogP contribution in [-0.4, -0.2) is 65.2 Å². The van der Waals surface area contributed by atoms with Crippen LogP contribution in [0, 0.1) is 11.8 Å². The van der Waals surface area contributed by atoms with Crippen molar-refractivity contribution in [3.05, 3.63) is 60.5 Å². The summed E-state index contributed by atoms with van der Waals surface area (Å²) in [5, 5.41) is 3.67. The van der Waals surface area contributed by atoms with Crippen LogP contribution < -0.4 is 4.74 Å². The highest BCUT2D eigenvalue weighted by Crippen LogP contribution is 2.52. The first-order chi connectivity index (χ1) is 14.6. The molecule has 8 heteroatoms. The minimum absolute atomic E-state index is 0.0510. The van der Waals surface area contributed by atoms with Gasteiger partial charge in [0.1, 0.15) is 18.0 Å². The number of para-hydroxylation sites is 1. The highest BCUT2D eigenvalue weighted by molar-refractivity contribution is 5.93. The summed E-state index contributed by atoms with van der Waals surface area (Å²) < 4.78 is 17.0. The molecule has 1 spiro atoms.